The predicted molar refractivity (Wildman–Crippen MR) is 143 cm³/mol. The summed E-state index contributed by atoms with van der Waals surface area (Å²) in [6.45, 7) is 8.69. The molecule has 2 aromatic rings. The van der Waals surface area contributed by atoms with Crippen molar-refractivity contribution < 1.29 is 18.8 Å². The summed E-state index contributed by atoms with van der Waals surface area (Å²) in [6, 6.07) is 12.1. The van der Waals surface area contributed by atoms with Crippen LogP contribution in [0.15, 0.2) is 42.6 Å². The van der Waals surface area contributed by atoms with E-state index in [4.69, 9.17) is 9.47 Å². The predicted octanol–water partition coefficient (Wildman–Crippen LogP) is 6.85. The van der Waals surface area contributed by atoms with Crippen molar-refractivity contribution in [2.75, 3.05) is 13.7 Å². The number of hydrogen-bond donors (Lipinski definition) is 0. The molecule has 0 saturated carbocycles. The number of pyridine rings is 1. The van der Waals surface area contributed by atoms with E-state index in [-0.39, 0.29) is 5.91 Å². The molecule has 1 amide bonds. The zero-order chi connectivity index (χ0) is 25.3. The van der Waals surface area contributed by atoms with Gasteiger partial charge >= 0.3 is 0 Å². The summed E-state index contributed by atoms with van der Waals surface area (Å²) < 4.78 is 13.8. The summed E-state index contributed by atoms with van der Waals surface area (Å²) in [5.74, 6) is 1.55. The van der Waals surface area contributed by atoms with Crippen LogP contribution in [-0.4, -0.2) is 24.5 Å². The van der Waals surface area contributed by atoms with Crippen LogP contribution in [0.25, 0.3) is 0 Å². The number of methoxy groups -OCH3 is 1. The van der Waals surface area contributed by atoms with Crippen molar-refractivity contribution in [3.8, 4) is 11.5 Å². The number of carbonyl (C=O) groups excluding carboxylic acids is 1. The Labute approximate surface area is 213 Å². The van der Waals surface area contributed by atoms with E-state index in [0.717, 1.165) is 35.7 Å². The van der Waals surface area contributed by atoms with Crippen LogP contribution in [0.1, 0.15) is 96.2 Å². The van der Waals surface area contributed by atoms with E-state index in [0.29, 0.717) is 19.7 Å². The van der Waals surface area contributed by atoms with Gasteiger partial charge in [-0.25, -0.2) is 4.57 Å². The van der Waals surface area contributed by atoms with Crippen molar-refractivity contribution in [1.29, 1.82) is 0 Å². The number of aryl methyl sites for hydroxylation is 1. The van der Waals surface area contributed by atoms with Gasteiger partial charge in [0.15, 0.2) is 17.7 Å². The van der Waals surface area contributed by atoms with Crippen LogP contribution in [0.5, 0.6) is 11.5 Å². The summed E-state index contributed by atoms with van der Waals surface area (Å²) >= 11 is 0. The van der Waals surface area contributed by atoms with Crippen LogP contribution in [-0.2, 0) is 24.4 Å². The summed E-state index contributed by atoms with van der Waals surface area (Å²) in [6.07, 6.45) is 15.2. The van der Waals surface area contributed by atoms with Crippen LogP contribution in [0.2, 0.25) is 0 Å². The average molecular weight is 484 g/mol. The molecule has 0 spiro atoms. The lowest BCUT2D eigenvalue weighted by molar-refractivity contribution is -0.701. The van der Waals surface area contributed by atoms with E-state index < -0.39 is 0 Å². The van der Waals surface area contributed by atoms with Crippen molar-refractivity contribution in [3.63, 3.8) is 0 Å². The Bertz CT molecular complexity index is 868. The van der Waals surface area contributed by atoms with E-state index in [2.05, 4.69) is 30.7 Å². The number of rotatable bonds is 18. The molecule has 1 heterocycles. The Morgan fingerprint density at radius 1 is 0.857 bits per heavy atom. The van der Waals surface area contributed by atoms with E-state index >= 15 is 0 Å². The molecule has 0 aliphatic rings. The van der Waals surface area contributed by atoms with Gasteiger partial charge < -0.3 is 14.4 Å². The number of hydrogen-bond acceptors (Lipinski definition) is 3. The van der Waals surface area contributed by atoms with Gasteiger partial charge in [0.25, 0.3) is 0 Å². The molecular weight excluding hydrogens is 436 g/mol. The summed E-state index contributed by atoms with van der Waals surface area (Å²) in [5, 5.41) is 0. The standard InChI is InChI=1S/C30H47N2O3/c1-5-7-8-9-10-11-12-13-14-17-22-35-29-20-19-27(23-30(29)34-4)24-32(26(3)33)25-28-18-15-16-21-31(28)6-2/h15-16,18-21,23H,5-14,17,22,24-25H2,1-4H3/q+1. The van der Waals surface area contributed by atoms with Gasteiger partial charge in [0.2, 0.25) is 11.6 Å². The monoisotopic (exact) mass is 483 g/mol. The first kappa shape index (κ1) is 28.7. The zero-order valence-corrected chi connectivity index (χ0v) is 22.6. The highest BCUT2D eigenvalue weighted by Gasteiger charge is 2.17. The fourth-order valence-corrected chi connectivity index (χ4v) is 4.36. The molecule has 5 heteroatoms. The Morgan fingerprint density at radius 3 is 2.17 bits per heavy atom. The minimum absolute atomic E-state index is 0.0526. The van der Waals surface area contributed by atoms with Gasteiger partial charge in [0, 0.05) is 25.6 Å². The number of unbranched alkanes of at least 4 members (excludes halogenated alkanes) is 9. The molecule has 1 aromatic carbocycles. The second-order valence-electron chi connectivity index (χ2n) is 9.37. The van der Waals surface area contributed by atoms with E-state index in [1.54, 1.807) is 14.0 Å². The third kappa shape index (κ3) is 10.7. The molecule has 5 nitrogen and oxygen atoms in total. The second-order valence-corrected chi connectivity index (χ2v) is 9.37. The normalized spacial score (nSPS) is 10.9. The van der Waals surface area contributed by atoms with Crippen molar-refractivity contribution in [2.24, 2.45) is 0 Å². The van der Waals surface area contributed by atoms with Gasteiger partial charge in [-0.3, -0.25) is 4.79 Å². The van der Waals surface area contributed by atoms with Gasteiger partial charge in [-0.15, -0.1) is 0 Å². The largest absolute Gasteiger partial charge is 0.493 e. The van der Waals surface area contributed by atoms with Gasteiger partial charge in [-0.05, 0) is 31.0 Å². The van der Waals surface area contributed by atoms with Crippen molar-refractivity contribution in [3.05, 3.63) is 53.9 Å². The first-order chi connectivity index (χ1) is 17.1. The number of carbonyl (C=O) groups is 1. The molecule has 0 aliphatic carbocycles. The fraction of sp³-hybridized carbons (Fsp3) is 0.600. The molecule has 0 bridgehead atoms. The lowest BCUT2D eigenvalue weighted by Crippen LogP contribution is -2.40. The van der Waals surface area contributed by atoms with E-state index in [1.807, 2.05) is 35.2 Å². The molecule has 0 atom stereocenters. The lowest BCUT2D eigenvalue weighted by atomic mass is 10.1. The fourth-order valence-electron chi connectivity index (χ4n) is 4.36. The molecule has 2 rings (SSSR count). The van der Waals surface area contributed by atoms with E-state index in [1.165, 1.54) is 57.8 Å². The SMILES string of the molecule is CCCCCCCCCCCCOc1ccc(CN(Cc2cccc[n+]2CC)C(C)=O)cc1OC. The van der Waals surface area contributed by atoms with Gasteiger partial charge in [0.1, 0.15) is 13.1 Å². The van der Waals surface area contributed by atoms with Crippen LogP contribution >= 0.6 is 0 Å². The highest BCUT2D eigenvalue weighted by molar-refractivity contribution is 5.73. The highest BCUT2D eigenvalue weighted by atomic mass is 16.5. The Hall–Kier alpha value is -2.56. The van der Waals surface area contributed by atoms with Crippen LogP contribution in [0.3, 0.4) is 0 Å². The first-order valence-electron chi connectivity index (χ1n) is 13.6. The number of amides is 1. The molecule has 35 heavy (non-hydrogen) atoms. The molecule has 194 valence electrons. The van der Waals surface area contributed by atoms with Gasteiger partial charge in [-0.2, -0.15) is 0 Å². The first-order valence-corrected chi connectivity index (χ1v) is 13.6. The van der Waals surface area contributed by atoms with Crippen LogP contribution in [0.4, 0.5) is 0 Å². The average Bonchev–Trinajstić information content (AvgIpc) is 2.87. The molecular formula is C30H47N2O3+. The van der Waals surface area contributed by atoms with Gasteiger partial charge in [-0.1, -0.05) is 76.8 Å². The van der Waals surface area contributed by atoms with Crippen LogP contribution in [0, 0.1) is 0 Å². The minimum Gasteiger partial charge on any atom is -0.493 e. The molecule has 0 unspecified atom stereocenters. The number of aromatic nitrogens is 1. The molecule has 1 aromatic heterocycles. The van der Waals surface area contributed by atoms with Crippen molar-refractivity contribution in [2.45, 2.75) is 105 Å². The number of ether oxygens (including phenoxy) is 2. The number of benzene rings is 1. The molecule has 0 N–H and O–H groups in total. The zero-order valence-electron chi connectivity index (χ0n) is 22.6. The van der Waals surface area contributed by atoms with Gasteiger partial charge in [0.05, 0.1) is 13.7 Å². The summed E-state index contributed by atoms with van der Waals surface area (Å²) in [7, 11) is 1.67. The highest BCUT2D eigenvalue weighted by Crippen LogP contribution is 2.29. The Morgan fingerprint density at radius 2 is 1.54 bits per heavy atom. The quantitative estimate of drug-likeness (QED) is 0.172. The Balaban J connectivity index is 1.80. The summed E-state index contributed by atoms with van der Waals surface area (Å²) in [4.78, 5) is 14.2. The molecule has 0 saturated heterocycles. The van der Waals surface area contributed by atoms with E-state index in [9.17, 15) is 4.79 Å². The smallest absolute Gasteiger partial charge is 0.220 e. The minimum atomic E-state index is 0.0526. The molecule has 0 aliphatic heterocycles. The topological polar surface area (TPSA) is 42.7 Å². The van der Waals surface area contributed by atoms with Crippen LogP contribution < -0.4 is 14.0 Å². The maximum absolute atomic E-state index is 12.4. The third-order valence-corrected chi connectivity index (χ3v) is 6.53. The Kier molecular flexibility index (Phi) is 13.9. The summed E-state index contributed by atoms with van der Waals surface area (Å²) in [5.41, 5.74) is 2.15. The second kappa shape index (κ2) is 17.0. The lowest BCUT2D eigenvalue weighted by Gasteiger charge is -2.21. The number of nitrogens with zero attached hydrogens (tertiary/aromatic N) is 2. The van der Waals surface area contributed by atoms with Crippen molar-refractivity contribution in [1.82, 2.24) is 4.90 Å². The molecule has 0 radical (unpaired) electrons. The maximum atomic E-state index is 12.4. The maximum Gasteiger partial charge on any atom is 0.220 e. The third-order valence-electron chi connectivity index (χ3n) is 6.53. The van der Waals surface area contributed by atoms with Crippen molar-refractivity contribution >= 4 is 5.91 Å². The molecule has 0 fully saturated rings.